The van der Waals surface area contributed by atoms with Crippen molar-refractivity contribution >= 4 is 24.6 Å². The second-order valence-corrected chi connectivity index (χ2v) is 9.78. The second-order valence-electron chi connectivity index (χ2n) is 9.35. The molecule has 0 bridgehead atoms. The minimum Gasteiger partial charge on any atom is -0.400 e. The Morgan fingerprint density at radius 2 is 1.82 bits per heavy atom. The minimum atomic E-state index is -0.302. The highest BCUT2D eigenvalue weighted by molar-refractivity contribution is 6.54. The maximum atomic E-state index is 12.6. The fourth-order valence-electron chi connectivity index (χ4n) is 4.58. The van der Waals surface area contributed by atoms with E-state index < -0.39 is 0 Å². The van der Waals surface area contributed by atoms with Gasteiger partial charge in [-0.3, -0.25) is 4.79 Å². The first-order valence-corrected chi connectivity index (χ1v) is 10.6. The summed E-state index contributed by atoms with van der Waals surface area (Å²) >= 11 is 5.92. The summed E-state index contributed by atoms with van der Waals surface area (Å²) in [5.41, 5.74) is 1.32. The van der Waals surface area contributed by atoms with Gasteiger partial charge < -0.3 is 14.6 Å². The molecule has 2 aliphatic carbocycles. The lowest BCUT2D eigenvalue weighted by Crippen LogP contribution is -2.41. The van der Waals surface area contributed by atoms with Gasteiger partial charge in [-0.15, -0.1) is 0 Å². The minimum absolute atomic E-state index is 0.0244. The fraction of sp³-hybridized carbons (Fsp3) is 0.591. The summed E-state index contributed by atoms with van der Waals surface area (Å²) in [5.74, 6) is 1.59. The van der Waals surface area contributed by atoms with Gasteiger partial charge in [0.15, 0.2) is 0 Å². The average Bonchev–Trinajstić information content (AvgIpc) is 3.00. The van der Waals surface area contributed by atoms with Crippen LogP contribution in [-0.2, 0) is 9.31 Å². The zero-order valence-electron chi connectivity index (χ0n) is 17.3. The highest BCUT2D eigenvalue weighted by atomic mass is 35.5. The standard InChI is InChI=1S/C22H29BClNO3/c1-6-18(25-20(26)13-7-9-15(24)10-8-13)19-16-11-14(12-17(16)19)23-27-21(2,3)22(4,5)28-23/h7-11,16-19H,6,12H2,1-5H3,(H,25,26)/t16-,17+,18?,19+/m0/s1. The van der Waals surface area contributed by atoms with Crippen LogP contribution in [0.15, 0.2) is 35.8 Å². The highest BCUT2D eigenvalue weighted by Gasteiger charge is 2.60. The number of benzene rings is 1. The molecule has 1 amide bonds. The van der Waals surface area contributed by atoms with Crippen LogP contribution < -0.4 is 5.32 Å². The van der Waals surface area contributed by atoms with Crippen LogP contribution in [0.1, 0.15) is 57.8 Å². The van der Waals surface area contributed by atoms with Crippen LogP contribution in [-0.4, -0.2) is 30.3 Å². The third-order valence-electron chi connectivity index (χ3n) is 7.05. The van der Waals surface area contributed by atoms with E-state index in [0.29, 0.717) is 28.3 Å². The van der Waals surface area contributed by atoms with E-state index in [2.05, 4.69) is 46.0 Å². The zero-order chi connectivity index (χ0) is 20.3. The molecule has 0 radical (unpaired) electrons. The Morgan fingerprint density at radius 1 is 1.21 bits per heavy atom. The predicted octanol–water partition coefficient (Wildman–Crippen LogP) is 4.67. The lowest BCUT2D eigenvalue weighted by molar-refractivity contribution is 0.00578. The van der Waals surface area contributed by atoms with E-state index in [1.54, 1.807) is 24.3 Å². The Kier molecular flexibility index (Phi) is 4.92. The predicted molar refractivity (Wildman–Crippen MR) is 112 cm³/mol. The van der Waals surface area contributed by atoms with Crippen LogP contribution in [0.4, 0.5) is 0 Å². The van der Waals surface area contributed by atoms with Crippen LogP contribution in [0.3, 0.4) is 0 Å². The third kappa shape index (κ3) is 3.42. The lowest BCUT2D eigenvalue weighted by atomic mass is 9.75. The molecule has 1 aromatic rings. The normalized spacial score (nSPS) is 30.6. The molecule has 1 saturated heterocycles. The molecule has 6 heteroatoms. The summed E-state index contributed by atoms with van der Waals surface area (Å²) in [6, 6.07) is 7.24. The number of nitrogens with one attached hydrogen (secondary N) is 1. The van der Waals surface area contributed by atoms with Crippen LogP contribution in [0.5, 0.6) is 0 Å². The van der Waals surface area contributed by atoms with E-state index in [-0.39, 0.29) is 30.3 Å². The molecule has 28 heavy (non-hydrogen) atoms. The number of allylic oxidation sites excluding steroid dienone is 2. The maximum Gasteiger partial charge on any atom is 0.490 e. The van der Waals surface area contributed by atoms with Gasteiger partial charge in [-0.05, 0) is 88.0 Å². The SMILES string of the molecule is CCC(NC(=O)c1ccc(Cl)cc1)[C@@H]1[C@H]2C=C(B3OC(C)(C)C(C)(C)O3)C[C@H]21. The van der Waals surface area contributed by atoms with Gasteiger partial charge in [0.25, 0.3) is 5.91 Å². The van der Waals surface area contributed by atoms with Gasteiger partial charge in [0, 0.05) is 16.6 Å². The van der Waals surface area contributed by atoms with Gasteiger partial charge >= 0.3 is 7.12 Å². The van der Waals surface area contributed by atoms with E-state index in [1.807, 2.05) is 0 Å². The molecule has 0 spiro atoms. The van der Waals surface area contributed by atoms with Crippen molar-refractivity contribution in [2.24, 2.45) is 17.8 Å². The van der Waals surface area contributed by atoms with Crippen molar-refractivity contribution in [3.63, 3.8) is 0 Å². The summed E-state index contributed by atoms with van der Waals surface area (Å²) in [6.45, 7) is 10.5. The first kappa shape index (κ1) is 20.0. The summed E-state index contributed by atoms with van der Waals surface area (Å²) in [5, 5.41) is 3.87. The maximum absolute atomic E-state index is 12.6. The van der Waals surface area contributed by atoms with E-state index in [9.17, 15) is 4.79 Å². The first-order valence-electron chi connectivity index (χ1n) is 10.3. The molecule has 1 unspecified atom stereocenters. The number of rotatable bonds is 5. The quantitative estimate of drug-likeness (QED) is 0.729. The zero-order valence-corrected chi connectivity index (χ0v) is 18.0. The van der Waals surface area contributed by atoms with Gasteiger partial charge in [-0.25, -0.2) is 0 Å². The molecule has 4 rings (SSSR count). The Hall–Kier alpha value is -1.30. The Bertz CT molecular complexity index is 789. The first-order chi connectivity index (χ1) is 13.1. The summed E-state index contributed by atoms with van der Waals surface area (Å²) < 4.78 is 12.4. The van der Waals surface area contributed by atoms with Crippen molar-refractivity contribution < 1.29 is 14.1 Å². The van der Waals surface area contributed by atoms with Crippen LogP contribution in [0.25, 0.3) is 0 Å². The molecule has 1 N–H and O–H groups in total. The molecule has 1 saturated carbocycles. The number of hydrogen-bond donors (Lipinski definition) is 1. The van der Waals surface area contributed by atoms with Gasteiger partial charge in [-0.2, -0.15) is 0 Å². The molecule has 1 heterocycles. The van der Waals surface area contributed by atoms with Crippen molar-refractivity contribution in [3.8, 4) is 0 Å². The van der Waals surface area contributed by atoms with Gasteiger partial charge in [-0.1, -0.05) is 24.6 Å². The van der Waals surface area contributed by atoms with Crippen LogP contribution in [0, 0.1) is 17.8 Å². The summed E-state index contributed by atoms with van der Waals surface area (Å²) in [7, 11) is -0.234. The molecule has 3 aliphatic rings. The molecular formula is C22H29BClNO3. The van der Waals surface area contributed by atoms with Crippen LogP contribution >= 0.6 is 11.6 Å². The number of hydrogen-bond acceptors (Lipinski definition) is 3. The Morgan fingerprint density at radius 3 is 2.32 bits per heavy atom. The van der Waals surface area contributed by atoms with Crippen molar-refractivity contribution in [2.75, 3.05) is 0 Å². The second kappa shape index (κ2) is 6.89. The van der Waals surface area contributed by atoms with Gasteiger partial charge in [0.2, 0.25) is 0 Å². The van der Waals surface area contributed by atoms with Crippen LogP contribution in [0.2, 0.25) is 5.02 Å². The van der Waals surface area contributed by atoms with Gasteiger partial charge in [0.1, 0.15) is 0 Å². The highest BCUT2D eigenvalue weighted by Crippen LogP contribution is 2.59. The fourth-order valence-corrected chi connectivity index (χ4v) is 4.71. The number of carbonyl (C=O) groups is 1. The summed E-state index contributed by atoms with van der Waals surface area (Å²) in [4.78, 5) is 12.6. The van der Waals surface area contributed by atoms with E-state index in [0.717, 1.165) is 12.8 Å². The largest absolute Gasteiger partial charge is 0.490 e. The van der Waals surface area contributed by atoms with Crippen molar-refractivity contribution in [2.45, 2.75) is 64.7 Å². The average molecular weight is 402 g/mol. The smallest absolute Gasteiger partial charge is 0.400 e. The van der Waals surface area contributed by atoms with Crippen molar-refractivity contribution in [1.82, 2.24) is 5.32 Å². The molecule has 2 fully saturated rings. The summed E-state index contributed by atoms with van der Waals surface area (Å²) in [6.07, 6.45) is 4.27. The van der Waals surface area contributed by atoms with Crippen molar-refractivity contribution in [1.29, 1.82) is 0 Å². The topological polar surface area (TPSA) is 47.6 Å². The molecule has 0 aromatic heterocycles. The molecule has 4 nitrogen and oxygen atoms in total. The molecule has 1 aliphatic heterocycles. The monoisotopic (exact) mass is 401 g/mol. The molecule has 4 atom stereocenters. The van der Waals surface area contributed by atoms with E-state index in [1.165, 1.54) is 5.47 Å². The number of amides is 1. The third-order valence-corrected chi connectivity index (χ3v) is 7.31. The van der Waals surface area contributed by atoms with Gasteiger partial charge in [0.05, 0.1) is 11.2 Å². The molecule has 1 aromatic carbocycles. The molecule has 150 valence electrons. The molecular weight excluding hydrogens is 373 g/mol. The Balaban J connectivity index is 1.38. The number of carbonyl (C=O) groups excluding carboxylic acids is 1. The Labute approximate surface area is 173 Å². The number of halogens is 1. The lowest BCUT2D eigenvalue weighted by Gasteiger charge is -2.32. The number of fused-ring (bicyclic) bond motifs is 1. The van der Waals surface area contributed by atoms with E-state index in [4.69, 9.17) is 20.9 Å². The van der Waals surface area contributed by atoms with Crippen molar-refractivity contribution in [3.05, 3.63) is 46.4 Å². The van der Waals surface area contributed by atoms with E-state index >= 15 is 0 Å².